The topological polar surface area (TPSA) is 102 Å². The molecule has 1 aliphatic carbocycles. The number of alkyl halides is 2. The number of carbonyl (C=O) groups excluding carboxylic acids is 4. The summed E-state index contributed by atoms with van der Waals surface area (Å²) >= 11 is 7.02. The largest absolute Gasteiger partial charge is 0.497 e. The van der Waals surface area contributed by atoms with Crippen molar-refractivity contribution < 1.29 is 28.7 Å². The number of carbonyl (C=O) groups is 4. The van der Waals surface area contributed by atoms with Crippen LogP contribution in [-0.4, -0.2) is 58.5 Å². The Balaban J connectivity index is 1.49. The molecular formula is C19H20Br2N2O6. The van der Waals surface area contributed by atoms with Crippen LogP contribution < -0.4 is 10.1 Å². The first-order valence-corrected chi connectivity index (χ1v) is 10.9. The Labute approximate surface area is 184 Å². The fraction of sp³-hybridized carbons (Fsp3) is 0.474. The number of halogens is 2. The van der Waals surface area contributed by atoms with Gasteiger partial charge in [0, 0.05) is 15.3 Å². The lowest BCUT2D eigenvalue weighted by Gasteiger charge is -2.29. The number of imide groups is 1. The second-order valence-corrected chi connectivity index (χ2v) is 9.27. The number of methoxy groups -OCH3 is 1. The Kier molecular flexibility index (Phi) is 6.94. The van der Waals surface area contributed by atoms with Gasteiger partial charge in [0.25, 0.3) is 5.91 Å². The molecule has 1 heterocycles. The third kappa shape index (κ3) is 4.98. The van der Waals surface area contributed by atoms with Gasteiger partial charge in [-0.2, -0.15) is 0 Å². The summed E-state index contributed by atoms with van der Waals surface area (Å²) in [6.45, 7) is -0.999. The average Bonchev–Trinajstić information content (AvgIpc) is 2.92. The number of esters is 1. The van der Waals surface area contributed by atoms with E-state index in [0.29, 0.717) is 24.3 Å². The van der Waals surface area contributed by atoms with Crippen LogP contribution in [0.5, 0.6) is 5.75 Å². The van der Waals surface area contributed by atoms with Crippen LogP contribution in [0.2, 0.25) is 0 Å². The highest BCUT2D eigenvalue weighted by atomic mass is 79.9. The number of benzene rings is 1. The first kappa shape index (κ1) is 21.8. The van der Waals surface area contributed by atoms with Crippen LogP contribution in [0.3, 0.4) is 0 Å². The summed E-state index contributed by atoms with van der Waals surface area (Å²) in [5, 5.41) is 2.58. The van der Waals surface area contributed by atoms with Gasteiger partial charge < -0.3 is 14.8 Å². The van der Waals surface area contributed by atoms with Crippen LogP contribution in [-0.2, 0) is 23.9 Å². The zero-order valence-electron chi connectivity index (χ0n) is 15.6. The molecule has 8 nitrogen and oxygen atoms in total. The predicted molar refractivity (Wildman–Crippen MR) is 111 cm³/mol. The number of likely N-dealkylation sites (tertiary alicyclic amines) is 1. The van der Waals surface area contributed by atoms with Gasteiger partial charge in [-0.15, -0.1) is 0 Å². The SMILES string of the molecule is COc1ccc(NC(=O)COC(=O)CN2C(=O)[C@@H]3C[C@@H](Br)[C@@H](Br)C[C@H]3C2=O)cc1. The standard InChI is InChI=1S/C19H20Br2N2O6/c1-28-11-4-2-10(3-5-11)22-16(24)9-29-17(25)8-23-18(26)12-6-14(20)15(21)7-13(12)19(23)27/h2-5,12-15H,6-9H2,1H3,(H,22,24)/t12-,13-,14-,15+/m1/s1. The number of nitrogens with zero attached hydrogens (tertiary/aromatic N) is 1. The summed E-state index contributed by atoms with van der Waals surface area (Å²) in [6.07, 6.45) is 1.06. The normalized spacial score (nSPS) is 26.1. The third-order valence-corrected chi connectivity index (χ3v) is 7.76. The van der Waals surface area contributed by atoms with E-state index in [9.17, 15) is 19.2 Å². The molecule has 10 heteroatoms. The molecule has 0 aromatic heterocycles. The molecule has 1 N–H and O–H groups in total. The van der Waals surface area contributed by atoms with Crippen LogP contribution in [0.1, 0.15) is 12.8 Å². The molecule has 0 radical (unpaired) electrons. The Morgan fingerprint density at radius 3 is 2.14 bits per heavy atom. The van der Waals surface area contributed by atoms with Gasteiger partial charge in [0.2, 0.25) is 11.8 Å². The molecule has 1 aliphatic heterocycles. The lowest BCUT2D eigenvalue weighted by molar-refractivity contribution is -0.154. The zero-order valence-corrected chi connectivity index (χ0v) is 18.8. The van der Waals surface area contributed by atoms with E-state index >= 15 is 0 Å². The fourth-order valence-corrected chi connectivity index (χ4v) is 4.75. The van der Waals surface area contributed by atoms with Crippen molar-refractivity contribution in [2.45, 2.75) is 22.5 Å². The first-order chi connectivity index (χ1) is 13.8. The van der Waals surface area contributed by atoms with Crippen LogP contribution >= 0.6 is 31.9 Å². The lowest BCUT2D eigenvalue weighted by Crippen LogP contribution is -2.37. The monoisotopic (exact) mass is 530 g/mol. The summed E-state index contributed by atoms with van der Waals surface area (Å²) in [6, 6.07) is 6.66. The molecule has 1 aromatic carbocycles. The number of hydrogen-bond acceptors (Lipinski definition) is 6. The minimum absolute atomic E-state index is 0.0917. The molecule has 2 fully saturated rings. The highest BCUT2D eigenvalue weighted by molar-refractivity contribution is 9.12. The fourth-order valence-electron chi connectivity index (χ4n) is 3.51. The quantitative estimate of drug-likeness (QED) is 0.342. The van der Waals surface area contributed by atoms with Gasteiger partial charge in [-0.05, 0) is 37.1 Å². The minimum atomic E-state index is -0.805. The van der Waals surface area contributed by atoms with Crippen molar-refractivity contribution in [3.05, 3.63) is 24.3 Å². The molecule has 1 saturated carbocycles. The number of fused-ring (bicyclic) bond motifs is 1. The van der Waals surface area contributed by atoms with E-state index in [2.05, 4.69) is 37.2 Å². The number of amides is 3. The summed E-state index contributed by atoms with van der Waals surface area (Å²) in [5.74, 6) is -2.25. The van der Waals surface area contributed by atoms with Gasteiger partial charge in [-0.25, -0.2) is 0 Å². The molecule has 29 heavy (non-hydrogen) atoms. The summed E-state index contributed by atoms with van der Waals surface area (Å²) in [4.78, 5) is 50.2. The van der Waals surface area contributed by atoms with Gasteiger partial charge in [-0.1, -0.05) is 31.9 Å². The van der Waals surface area contributed by atoms with Crippen molar-refractivity contribution in [2.75, 3.05) is 25.6 Å². The summed E-state index contributed by atoms with van der Waals surface area (Å²) in [7, 11) is 1.54. The molecule has 3 amide bonds. The Morgan fingerprint density at radius 2 is 1.62 bits per heavy atom. The molecule has 0 spiro atoms. The lowest BCUT2D eigenvalue weighted by atomic mass is 9.81. The summed E-state index contributed by atoms with van der Waals surface area (Å²) < 4.78 is 9.97. The first-order valence-electron chi connectivity index (χ1n) is 9.03. The Bertz CT molecular complexity index is 787. The van der Waals surface area contributed by atoms with E-state index in [-0.39, 0.29) is 21.5 Å². The van der Waals surface area contributed by atoms with Gasteiger partial charge in [0.05, 0.1) is 18.9 Å². The van der Waals surface area contributed by atoms with Crippen LogP contribution in [0, 0.1) is 11.8 Å². The molecule has 0 unspecified atom stereocenters. The number of nitrogens with one attached hydrogen (secondary N) is 1. The van der Waals surface area contributed by atoms with Gasteiger partial charge >= 0.3 is 5.97 Å². The highest BCUT2D eigenvalue weighted by Crippen LogP contribution is 2.43. The Morgan fingerprint density at radius 1 is 1.07 bits per heavy atom. The molecule has 1 saturated heterocycles. The molecular weight excluding hydrogens is 512 g/mol. The van der Waals surface area contributed by atoms with Crippen LogP contribution in [0.15, 0.2) is 24.3 Å². The minimum Gasteiger partial charge on any atom is -0.497 e. The molecule has 2 aliphatic rings. The van der Waals surface area contributed by atoms with Crippen LogP contribution in [0.4, 0.5) is 5.69 Å². The molecule has 0 bridgehead atoms. The maximum Gasteiger partial charge on any atom is 0.326 e. The van der Waals surface area contributed by atoms with Gasteiger partial charge in [0.1, 0.15) is 12.3 Å². The van der Waals surface area contributed by atoms with E-state index in [0.717, 1.165) is 4.90 Å². The average molecular weight is 532 g/mol. The predicted octanol–water partition coefficient (Wildman–Crippen LogP) is 2.10. The number of anilines is 1. The van der Waals surface area contributed by atoms with E-state index in [1.165, 1.54) is 7.11 Å². The van der Waals surface area contributed by atoms with E-state index < -0.39 is 36.9 Å². The summed E-state index contributed by atoms with van der Waals surface area (Å²) in [5.41, 5.74) is 0.523. The number of hydrogen-bond donors (Lipinski definition) is 1. The van der Waals surface area contributed by atoms with E-state index in [1.807, 2.05) is 0 Å². The van der Waals surface area contributed by atoms with E-state index in [4.69, 9.17) is 9.47 Å². The van der Waals surface area contributed by atoms with Crippen molar-refractivity contribution in [1.82, 2.24) is 4.90 Å². The third-order valence-electron chi connectivity index (χ3n) is 5.03. The van der Waals surface area contributed by atoms with Crippen molar-refractivity contribution in [2.24, 2.45) is 11.8 Å². The molecule has 156 valence electrons. The van der Waals surface area contributed by atoms with Crippen molar-refractivity contribution in [3.8, 4) is 5.75 Å². The Hall–Kier alpha value is -1.94. The maximum atomic E-state index is 12.5. The molecule has 1 aromatic rings. The van der Waals surface area contributed by atoms with Gasteiger partial charge in [0.15, 0.2) is 6.61 Å². The second kappa shape index (κ2) is 9.25. The molecule has 4 atom stereocenters. The number of rotatable bonds is 6. The van der Waals surface area contributed by atoms with E-state index in [1.54, 1.807) is 24.3 Å². The smallest absolute Gasteiger partial charge is 0.326 e. The highest BCUT2D eigenvalue weighted by Gasteiger charge is 2.52. The molecule has 3 rings (SSSR count). The van der Waals surface area contributed by atoms with Crippen molar-refractivity contribution in [1.29, 1.82) is 0 Å². The second-order valence-electron chi connectivity index (χ2n) is 6.92. The van der Waals surface area contributed by atoms with Crippen LogP contribution in [0.25, 0.3) is 0 Å². The van der Waals surface area contributed by atoms with Crippen molar-refractivity contribution in [3.63, 3.8) is 0 Å². The zero-order chi connectivity index (χ0) is 21.1. The maximum absolute atomic E-state index is 12.5. The van der Waals surface area contributed by atoms with Gasteiger partial charge in [-0.3, -0.25) is 24.1 Å². The number of ether oxygens (including phenoxy) is 2. The van der Waals surface area contributed by atoms with Crippen molar-refractivity contribution >= 4 is 61.2 Å².